The lowest BCUT2D eigenvalue weighted by Crippen LogP contribution is -2.47. The molecule has 2 rings (SSSR count). The number of aromatic nitrogens is 1. The molecular formula is C13H19N3O3S. The number of carbonyl (C=O) groups is 1. The van der Waals surface area contributed by atoms with Crippen LogP contribution in [0.2, 0.25) is 0 Å². The highest BCUT2D eigenvalue weighted by Gasteiger charge is 2.26. The molecule has 1 aromatic rings. The molecule has 1 aliphatic heterocycles. The predicted molar refractivity (Wildman–Crippen MR) is 75.9 cm³/mol. The Hall–Kier alpha value is -1.47. The maximum Gasteiger partial charge on any atom is 0.222 e. The molecule has 6 nitrogen and oxygen atoms in total. The van der Waals surface area contributed by atoms with Gasteiger partial charge in [-0.1, -0.05) is 0 Å². The number of hydrogen-bond acceptors (Lipinski definition) is 5. The first-order chi connectivity index (χ1) is 9.46. The number of nitrogens with one attached hydrogen (secondary N) is 2. The number of hydrogen-bond donors (Lipinski definition) is 2. The summed E-state index contributed by atoms with van der Waals surface area (Å²) >= 11 is 0. The maximum atomic E-state index is 11.9. The molecule has 20 heavy (non-hydrogen) atoms. The fourth-order valence-corrected chi connectivity index (χ4v) is 3.70. The second kappa shape index (κ2) is 6.32. The van der Waals surface area contributed by atoms with Gasteiger partial charge in [-0.2, -0.15) is 0 Å². The highest BCUT2D eigenvalue weighted by Crippen LogP contribution is 2.11. The fourth-order valence-electron chi connectivity index (χ4n) is 2.26. The van der Waals surface area contributed by atoms with Crippen LogP contribution in [0.4, 0.5) is 0 Å². The summed E-state index contributed by atoms with van der Waals surface area (Å²) in [5.41, 5.74) is 0.970. The van der Waals surface area contributed by atoms with Gasteiger partial charge in [-0.05, 0) is 24.6 Å². The third-order valence-corrected chi connectivity index (χ3v) is 5.05. The van der Waals surface area contributed by atoms with E-state index in [-0.39, 0.29) is 35.9 Å². The van der Waals surface area contributed by atoms with Crippen molar-refractivity contribution in [2.24, 2.45) is 0 Å². The molecule has 2 atom stereocenters. The Morgan fingerprint density at radius 2 is 2.20 bits per heavy atom. The number of rotatable bonds is 4. The van der Waals surface area contributed by atoms with Crippen LogP contribution in [-0.4, -0.2) is 43.4 Å². The summed E-state index contributed by atoms with van der Waals surface area (Å²) in [7, 11) is -3.01. The van der Waals surface area contributed by atoms with E-state index in [0.29, 0.717) is 6.54 Å². The molecule has 0 spiro atoms. The minimum Gasteiger partial charge on any atom is -0.350 e. The first-order valence-electron chi connectivity index (χ1n) is 6.59. The van der Waals surface area contributed by atoms with E-state index in [1.807, 2.05) is 19.1 Å². The summed E-state index contributed by atoms with van der Waals surface area (Å²) in [6.07, 6.45) is 3.52. The quantitative estimate of drug-likeness (QED) is 0.819. The van der Waals surface area contributed by atoms with Crippen LogP contribution in [0, 0.1) is 0 Å². The summed E-state index contributed by atoms with van der Waals surface area (Å²) in [5.74, 6) is 0.0340. The second-order valence-electron chi connectivity index (χ2n) is 5.04. The SMILES string of the molecule is CC(NC(=O)CC1CS(=O)(=O)CCN1)c1ccncc1. The van der Waals surface area contributed by atoms with Crippen LogP contribution in [-0.2, 0) is 14.6 Å². The standard InChI is InChI=1S/C13H19N3O3S/c1-10(11-2-4-14-5-3-11)16-13(17)8-12-9-20(18,19)7-6-15-12/h2-5,10,12,15H,6-9H2,1H3,(H,16,17). The van der Waals surface area contributed by atoms with E-state index in [4.69, 9.17) is 0 Å². The average molecular weight is 297 g/mol. The van der Waals surface area contributed by atoms with Crippen molar-refractivity contribution in [1.82, 2.24) is 15.6 Å². The summed E-state index contributed by atoms with van der Waals surface area (Å²) in [6, 6.07) is 3.27. The van der Waals surface area contributed by atoms with Gasteiger partial charge in [0.05, 0.1) is 17.5 Å². The average Bonchev–Trinajstić information content (AvgIpc) is 2.38. The van der Waals surface area contributed by atoms with E-state index in [0.717, 1.165) is 5.56 Å². The van der Waals surface area contributed by atoms with Gasteiger partial charge in [-0.15, -0.1) is 0 Å². The first-order valence-corrected chi connectivity index (χ1v) is 8.41. The molecule has 0 bridgehead atoms. The van der Waals surface area contributed by atoms with Crippen molar-refractivity contribution in [3.8, 4) is 0 Å². The lowest BCUT2D eigenvalue weighted by Gasteiger charge is -2.24. The van der Waals surface area contributed by atoms with Gasteiger partial charge in [0.2, 0.25) is 5.91 Å². The van der Waals surface area contributed by atoms with E-state index in [1.165, 1.54) is 0 Å². The van der Waals surface area contributed by atoms with Crippen LogP contribution in [0.3, 0.4) is 0 Å². The molecule has 0 aromatic carbocycles. The lowest BCUT2D eigenvalue weighted by molar-refractivity contribution is -0.122. The van der Waals surface area contributed by atoms with E-state index < -0.39 is 9.84 Å². The van der Waals surface area contributed by atoms with Crippen molar-refractivity contribution in [3.05, 3.63) is 30.1 Å². The summed E-state index contributed by atoms with van der Waals surface area (Å²) in [6.45, 7) is 2.30. The van der Waals surface area contributed by atoms with Gasteiger partial charge < -0.3 is 10.6 Å². The van der Waals surface area contributed by atoms with Crippen molar-refractivity contribution in [3.63, 3.8) is 0 Å². The number of carbonyl (C=O) groups excluding carboxylic acids is 1. The Balaban J connectivity index is 1.86. The summed E-state index contributed by atoms with van der Waals surface area (Å²) in [4.78, 5) is 15.9. The van der Waals surface area contributed by atoms with Crippen LogP contribution in [0.1, 0.15) is 24.9 Å². The number of nitrogens with zero attached hydrogens (tertiary/aromatic N) is 1. The molecule has 0 saturated carbocycles. The van der Waals surface area contributed by atoms with Crippen molar-refractivity contribution < 1.29 is 13.2 Å². The monoisotopic (exact) mass is 297 g/mol. The van der Waals surface area contributed by atoms with Gasteiger partial charge >= 0.3 is 0 Å². The number of pyridine rings is 1. The fraction of sp³-hybridized carbons (Fsp3) is 0.538. The minimum absolute atomic E-state index is 0.0318. The predicted octanol–water partition coefficient (Wildman–Crippen LogP) is 0.0355. The Morgan fingerprint density at radius 3 is 2.85 bits per heavy atom. The highest BCUT2D eigenvalue weighted by atomic mass is 32.2. The molecule has 2 unspecified atom stereocenters. The molecule has 1 aromatic heterocycles. The lowest BCUT2D eigenvalue weighted by atomic mass is 10.1. The zero-order chi connectivity index (χ0) is 14.6. The normalized spacial score (nSPS) is 22.9. The highest BCUT2D eigenvalue weighted by molar-refractivity contribution is 7.91. The Labute approximate surface area is 118 Å². The van der Waals surface area contributed by atoms with Gasteiger partial charge in [-0.25, -0.2) is 8.42 Å². The largest absolute Gasteiger partial charge is 0.350 e. The zero-order valence-corrected chi connectivity index (χ0v) is 12.2. The molecule has 2 heterocycles. The van der Waals surface area contributed by atoms with Crippen LogP contribution >= 0.6 is 0 Å². The van der Waals surface area contributed by atoms with Gasteiger partial charge in [0.1, 0.15) is 0 Å². The van der Waals surface area contributed by atoms with Gasteiger partial charge in [-0.3, -0.25) is 9.78 Å². The topological polar surface area (TPSA) is 88.2 Å². The van der Waals surface area contributed by atoms with Gasteiger partial charge in [0.15, 0.2) is 9.84 Å². The molecule has 1 amide bonds. The summed E-state index contributed by atoms with van der Waals surface area (Å²) < 4.78 is 23.0. The number of amides is 1. The number of sulfone groups is 1. The Kier molecular flexibility index (Phi) is 4.72. The van der Waals surface area contributed by atoms with E-state index in [2.05, 4.69) is 15.6 Å². The van der Waals surface area contributed by atoms with Crippen molar-refractivity contribution in [2.45, 2.75) is 25.4 Å². The maximum absolute atomic E-state index is 11.9. The van der Waals surface area contributed by atoms with Crippen LogP contribution < -0.4 is 10.6 Å². The van der Waals surface area contributed by atoms with Crippen molar-refractivity contribution in [2.75, 3.05) is 18.1 Å². The molecule has 1 saturated heterocycles. The van der Waals surface area contributed by atoms with Crippen LogP contribution in [0.5, 0.6) is 0 Å². The van der Waals surface area contributed by atoms with Crippen molar-refractivity contribution >= 4 is 15.7 Å². The third kappa shape index (κ3) is 4.28. The Morgan fingerprint density at radius 1 is 1.50 bits per heavy atom. The molecule has 0 aliphatic carbocycles. The molecular weight excluding hydrogens is 278 g/mol. The van der Waals surface area contributed by atoms with Gasteiger partial charge in [0.25, 0.3) is 0 Å². The second-order valence-corrected chi connectivity index (χ2v) is 7.27. The van der Waals surface area contributed by atoms with Crippen LogP contribution in [0.15, 0.2) is 24.5 Å². The molecule has 0 radical (unpaired) electrons. The van der Waals surface area contributed by atoms with Crippen LogP contribution in [0.25, 0.3) is 0 Å². The molecule has 1 aliphatic rings. The Bertz CT molecular complexity index is 559. The van der Waals surface area contributed by atoms with E-state index >= 15 is 0 Å². The minimum atomic E-state index is -3.01. The molecule has 2 N–H and O–H groups in total. The zero-order valence-electron chi connectivity index (χ0n) is 11.4. The van der Waals surface area contributed by atoms with E-state index in [9.17, 15) is 13.2 Å². The summed E-state index contributed by atoms with van der Waals surface area (Å²) in [5, 5.41) is 5.94. The first kappa shape index (κ1) is 14.9. The molecule has 1 fully saturated rings. The third-order valence-electron chi connectivity index (χ3n) is 3.32. The van der Waals surface area contributed by atoms with Gasteiger partial charge in [0, 0.05) is 31.4 Å². The smallest absolute Gasteiger partial charge is 0.222 e. The van der Waals surface area contributed by atoms with Crippen molar-refractivity contribution in [1.29, 1.82) is 0 Å². The molecule has 110 valence electrons. The molecule has 7 heteroatoms. The van der Waals surface area contributed by atoms with E-state index in [1.54, 1.807) is 12.4 Å².